The molecule has 1 rings (SSSR count). The highest BCUT2D eigenvalue weighted by Gasteiger charge is 2.48. The van der Waals surface area contributed by atoms with Gasteiger partial charge in [0.05, 0.1) is 10.7 Å². The van der Waals surface area contributed by atoms with E-state index in [4.69, 9.17) is 11.6 Å². The highest BCUT2D eigenvalue weighted by atomic mass is 35.5. The minimum absolute atomic E-state index is 0.0432. The fourth-order valence-electron chi connectivity index (χ4n) is 1.20. The Morgan fingerprint density at radius 3 is 2.30 bits per heavy atom. The second-order valence-corrected chi connectivity index (χ2v) is 4.16. The van der Waals surface area contributed by atoms with Gasteiger partial charge in [-0.1, -0.05) is 11.6 Å². The van der Waals surface area contributed by atoms with Crippen LogP contribution in [0.15, 0.2) is 18.2 Å². The molecule has 20 heavy (non-hydrogen) atoms. The topological polar surface area (TPSA) is 58.2 Å². The number of rotatable bonds is 4. The first-order valence-corrected chi connectivity index (χ1v) is 5.57. The van der Waals surface area contributed by atoms with Crippen molar-refractivity contribution in [2.24, 2.45) is 0 Å². The summed E-state index contributed by atoms with van der Waals surface area (Å²) in [5, 5.41) is 3.93. The van der Waals surface area contributed by atoms with Gasteiger partial charge in [0.2, 0.25) is 5.91 Å². The van der Waals surface area contributed by atoms with Gasteiger partial charge in [-0.3, -0.25) is 9.59 Å². The number of anilines is 2. The van der Waals surface area contributed by atoms with Gasteiger partial charge in [-0.25, -0.2) is 8.78 Å². The van der Waals surface area contributed by atoms with Crippen molar-refractivity contribution in [2.45, 2.75) is 19.3 Å². The van der Waals surface area contributed by atoms with Crippen molar-refractivity contribution >= 4 is 34.8 Å². The van der Waals surface area contributed by atoms with E-state index in [2.05, 4.69) is 5.32 Å². The third kappa shape index (κ3) is 3.83. The Balaban J connectivity index is 2.87. The van der Waals surface area contributed by atoms with E-state index in [9.17, 15) is 27.2 Å². The normalized spacial score (nSPS) is 11.3. The first-order valence-electron chi connectivity index (χ1n) is 5.19. The molecule has 0 heterocycles. The summed E-state index contributed by atoms with van der Waals surface area (Å²) in [6.45, 7) is 1.23. The second-order valence-electron chi connectivity index (χ2n) is 3.75. The molecule has 0 atom stereocenters. The van der Waals surface area contributed by atoms with E-state index in [1.54, 1.807) is 5.32 Å². The maximum Gasteiger partial charge on any atom is 0.383 e. The highest BCUT2D eigenvalue weighted by molar-refractivity contribution is 6.34. The molecule has 1 aromatic rings. The number of amides is 2. The van der Waals surface area contributed by atoms with Gasteiger partial charge in [0, 0.05) is 12.6 Å². The Hall–Kier alpha value is -1.83. The van der Waals surface area contributed by atoms with Gasteiger partial charge in [0.25, 0.3) is 0 Å². The van der Waals surface area contributed by atoms with Crippen molar-refractivity contribution in [3.63, 3.8) is 0 Å². The van der Waals surface area contributed by atoms with E-state index in [1.165, 1.54) is 13.0 Å². The maximum absolute atomic E-state index is 12.7. The Morgan fingerprint density at radius 1 is 1.25 bits per heavy atom. The zero-order valence-electron chi connectivity index (χ0n) is 10.0. The Morgan fingerprint density at radius 2 is 1.85 bits per heavy atom. The fourth-order valence-corrected chi connectivity index (χ4v) is 1.43. The Bertz CT molecular complexity index is 537. The summed E-state index contributed by atoms with van der Waals surface area (Å²) >= 11 is 5.73. The average molecular weight is 313 g/mol. The van der Waals surface area contributed by atoms with Crippen molar-refractivity contribution in [3.05, 3.63) is 23.2 Å². The van der Waals surface area contributed by atoms with Crippen molar-refractivity contribution in [1.29, 1.82) is 0 Å². The summed E-state index contributed by atoms with van der Waals surface area (Å²) in [6.07, 6.45) is -4.11. The molecule has 1 aromatic carbocycles. The molecule has 0 bridgehead atoms. The molecular weight excluding hydrogens is 304 g/mol. The summed E-state index contributed by atoms with van der Waals surface area (Å²) in [5.74, 6) is -7.35. The molecule has 2 amide bonds. The third-order valence-electron chi connectivity index (χ3n) is 2.11. The minimum atomic E-state index is -4.80. The molecule has 9 heteroatoms. The summed E-state index contributed by atoms with van der Waals surface area (Å²) in [4.78, 5) is 21.8. The number of carbonyl (C=O) groups excluding carboxylic acids is 2. The lowest BCUT2D eigenvalue weighted by molar-refractivity contribution is -0.163. The highest BCUT2D eigenvalue weighted by Crippen LogP contribution is 2.28. The minimum Gasteiger partial charge on any atom is -0.325 e. The molecule has 0 aromatic heterocycles. The van der Waals surface area contributed by atoms with E-state index in [1.807, 2.05) is 0 Å². The monoisotopic (exact) mass is 312 g/mol. The molecule has 0 saturated carbocycles. The number of alkyl halides is 4. The molecule has 0 fully saturated rings. The number of benzene rings is 1. The smallest absolute Gasteiger partial charge is 0.325 e. The van der Waals surface area contributed by atoms with E-state index < -0.39 is 24.2 Å². The van der Waals surface area contributed by atoms with Crippen LogP contribution in [-0.2, 0) is 9.59 Å². The van der Waals surface area contributed by atoms with E-state index in [-0.39, 0.29) is 16.4 Å². The summed E-state index contributed by atoms with van der Waals surface area (Å²) in [5.41, 5.74) is -0.00721. The van der Waals surface area contributed by atoms with Crippen LogP contribution >= 0.6 is 11.6 Å². The first kappa shape index (κ1) is 16.2. The standard InChI is InChI=1S/C11H9ClF4N2O2/c1-5(19)17-8-3-2-6(4-7(8)12)18-10(20)11(15,16)9(13)14/h2-4,9H,1H3,(H,17,19)(H,18,20). The van der Waals surface area contributed by atoms with Crippen LogP contribution in [0.5, 0.6) is 0 Å². The van der Waals surface area contributed by atoms with Gasteiger partial charge in [-0.05, 0) is 18.2 Å². The lowest BCUT2D eigenvalue weighted by Crippen LogP contribution is -2.40. The number of carbonyl (C=O) groups is 2. The predicted octanol–water partition coefficient (Wildman–Crippen LogP) is 3.14. The van der Waals surface area contributed by atoms with Gasteiger partial charge in [-0.2, -0.15) is 8.78 Å². The Kier molecular flexibility index (Phi) is 4.93. The van der Waals surface area contributed by atoms with Crippen LogP contribution in [0.1, 0.15) is 6.92 Å². The molecule has 0 aliphatic heterocycles. The first-order chi connectivity index (χ1) is 9.14. The fraction of sp³-hybridized carbons (Fsp3) is 0.273. The maximum atomic E-state index is 12.7. The molecule has 0 aliphatic carbocycles. The van der Waals surface area contributed by atoms with Crippen LogP contribution in [-0.4, -0.2) is 24.2 Å². The molecule has 2 N–H and O–H groups in total. The molecule has 0 unspecified atom stereocenters. The van der Waals surface area contributed by atoms with Crippen LogP contribution in [0.4, 0.5) is 28.9 Å². The van der Waals surface area contributed by atoms with E-state index in [0.717, 1.165) is 12.1 Å². The predicted molar refractivity (Wildman–Crippen MR) is 65.3 cm³/mol. The number of hydrogen-bond acceptors (Lipinski definition) is 2. The number of halogens is 5. The molecule has 0 radical (unpaired) electrons. The van der Waals surface area contributed by atoms with Crippen molar-refractivity contribution in [3.8, 4) is 0 Å². The SMILES string of the molecule is CC(=O)Nc1ccc(NC(=O)C(F)(F)C(F)F)cc1Cl. The second kappa shape index (κ2) is 6.08. The van der Waals surface area contributed by atoms with Gasteiger partial charge in [0.1, 0.15) is 0 Å². The third-order valence-corrected chi connectivity index (χ3v) is 2.43. The average Bonchev–Trinajstić information content (AvgIpc) is 2.31. The van der Waals surface area contributed by atoms with Crippen LogP contribution < -0.4 is 10.6 Å². The van der Waals surface area contributed by atoms with Crippen molar-refractivity contribution in [2.75, 3.05) is 10.6 Å². The quantitative estimate of drug-likeness (QED) is 0.839. The number of hydrogen-bond donors (Lipinski definition) is 2. The zero-order valence-corrected chi connectivity index (χ0v) is 10.8. The van der Waals surface area contributed by atoms with Crippen molar-refractivity contribution < 1.29 is 27.2 Å². The largest absolute Gasteiger partial charge is 0.383 e. The van der Waals surface area contributed by atoms with Gasteiger partial charge in [0.15, 0.2) is 0 Å². The van der Waals surface area contributed by atoms with E-state index in [0.29, 0.717) is 0 Å². The summed E-state index contributed by atoms with van der Waals surface area (Å²) < 4.78 is 49.4. The molecule has 0 spiro atoms. The molecular formula is C11H9ClF4N2O2. The van der Waals surface area contributed by atoms with Crippen LogP contribution in [0.3, 0.4) is 0 Å². The molecule has 0 aliphatic rings. The molecule has 0 saturated heterocycles. The summed E-state index contributed by atoms with van der Waals surface area (Å²) in [6, 6.07) is 3.42. The molecule has 110 valence electrons. The van der Waals surface area contributed by atoms with Gasteiger partial charge in [-0.15, -0.1) is 0 Å². The van der Waals surface area contributed by atoms with Gasteiger partial charge < -0.3 is 10.6 Å². The summed E-state index contributed by atoms with van der Waals surface area (Å²) in [7, 11) is 0. The number of nitrogens with one attached hydrogen (secondary N) is 2. The lowest BCUT2D eigenvalue weighted by Gasteiger charge is -2.15. The zero-order chi connectivity index (χ0) is 15.5. The molecule has 4 nitrogen and oxygen atoms in total. The van der Waals surface area contributed by atoms with Gasteiger partial charge >= 0.3 is 18.3 Å². The van der Waals surface area contributed by atoms with Crippen LogP contribution in [0, 0.1) is 0 Å². The van der Waals surface area contributed by atoms with Crippen molar-refractivity contribution in [1.82, 2.24) is 0 Å². The lowest BCUT2D eigenvalue weighted by atomic mass is 10.2. The Labute approximate surface area is 116 Å². The van der Waals surface area contributed by atoms with E-state index >= 15 is 0 Å². The van der Waals surface area contributed by atoms with Crippen LogP contribution in [0.25, 0.3) is 0 Å². The van der Waals surface area contributed by atoms with Crippen LogP contribution in [0.2, 0.25) is 5.02 Å².